The lowest BCUT2D eigenvalue weighted by atomic mass is 10.1. The number of rotatable bonds is 6. The number of para-hydroxylation sites is 1. The highest BCUT2D eigenvalue weighted by molar-refractivity contribution is 5.81. The number of furan rings is 1. The quantitative estimate of drug-likeness (QED) is 0.508. The first-order chi connectivity index (χ1) is 12.6. The van der Waals surface area contributed by atoms with Crippen LogP contribution in [-0.2, 0) is 6.54 Å². The van der Waals surface area contributed by atoms with E-state index >= 15 is 0 Å². The molecule has 2 aromatic heterocycles. The van der Waals surface area contributed by atoms with Gasteiger partial charge in [-0.1, -0.05) is 37.2 Å². The minimum Gasteiger partial charge on any atom is -0.459 e. The lowest BCUT2D eigenvalue weighted by Crippen LogP contribution is -2.38. The molecule has 1 atom stereocenters. The summed E-state index contributed by atoms with van der Waals surface area (Å²) in [5.41, 5.74) is 1.84. The average Bonchev–Trinajstić information content (AvgIpc) is 3.26. The second kappa shape index (κ2) is 8.08. The molecule has 2 heterocycles. The fourth-order valence-corrected chi connectivity index (χ4v) is 2.64. The molecule has 0 aliphatic carbocycles. The molecule has 0 amide bonds. The number of aromatic nitrogens is 1. The van der Waals surface area contributed by atoms with Gasteiger partial charge in [0.1, 0.15) is 17.9 Å². The van der Waals surface area contributed by atoms with Crippen molar-refractivity contribution in [1.82, 2.24) is 15.8 Å². The number of fused-ring (bicyclic) bond motifs is 1. The molecule has 138 valence electrons. The molecule has 0 saturated carbocycles. The second-order valence-electron chi connectivity index (χ2n) is 6.62. The molecule has 1 aromatic carbocycles. The highest BCUT2D eigenvalue weighted by Gasteiger charge is 2.13. The van der Waals surface area contributed by atoms with Crippen LogP contribution in [-0.4, -0.2) is 17.7 Å². The van der Waals surface area contributed by atoms with Crippen LogP contribution in [0.3, 0.4) is 0 Å². The smallest absolute Gasteiger partial charge is 0.192 e. The minimum atomic E-state index is -0.0128. The summed E-state index contributed by atoms with van der Waals surface area (Å²) in [4.78, 5) is 4.59. The van der Waals surface area contributed by atoms with E-state index in [1.54, 1.807) is 0 Å². The first-order valence-electron chi connectivity index (χ1n) is 9.05. The fraction of sp³-hybridized carbons (Fsp3) is 0.400. The molecule has 6 nitrogen and oxygen atoms in total. The first kappa shape index (κ1) is 18.0. The molecule has 0 radical (unpaired) electrons. The number of nitrogens with one attached hydrogen (secondary N) is 2. The molecule has 0 bridgehead atoms. The molecule has 0 spiro atoms. The molecule has 0 fully saturated rings. The second-order valence-corrected chi connectivity index (χ2v) is 6.62. The van der Waals surface area contributed by atoms with Crippen molar-refractivity contribution in [3.8, 4) is 0 Å². The van der Waals surface area contributed by atoms with Crippen molar-refractivity contribution in [3.05, 3.63) is 53.6 Å². The van der Waals surface area contributed by atoms with Crippen LogP contribution in [0.15, 0.2) is 50.3 Å². The van der Waals surface area contributed by atoms with Crippen LogP contribution in [0.1, 0.15) is 56.9 Å². The molecule has 3 rings (SSSR count). The summed E-state index contributed by atoms with van der Waals surface area (Å²) in [6.45, 7) is 9.47. The lowest BCUT2D eigenvalue weighted by Gasteiger charge is -2.15. The maximum atomic E-state index is 5.93. The summed E-state index contributed by atoms with van der Waals surface area (Å²) in [6.07, 6.45) is 0. The number of nitrogens with zero attached hydrogens (tertiary/aromatic N) is 2. The van der Waals surface area contributed by atoms with Crippen LogP contribution in [0.5, 0.6) is 0 Å². The largest absolute Gasteiger partial charge is 0.459 e. The van der Waals surface area contributed by atoms with Gasteiger partial charge in [0.05, 0.1) is 11.7 Å². The van der Waals surface area contributed by atoms with E-state index in [0.29, 0.717) is 18.4 Å². The lowest BCUT2D eigenvalue weighted by molar-refractivity contribution is 0.376. The van der Waals surface area contributed by atoms with E-state index in [0.717, 1.165) is 34.7 Å². The third-order valence-corrected chi connectivity index (χ3v) is 4.13. The Morgan fingerprint density at radius 2 is 2.00 bits per heavy atom. The van der Waals surface area contributed by atoms with Crippen molar-refractivity contribution in [2.75, 3.05) is 6.54 Å². The normalized spacial score (nSPS) is 13.3. The summed E-state index contributed by atoms with van der Waals surface area (Å²) in [7, 11) is 0. The van der Waals surface area contributed by atoms with Crippen LogP contribution in [0, 0.1) is 0 Å². The number of hydrogen-bond donors (Lipinski definition) is 2. The van der Waals surface area contributed by atoms with Crippen molar-refractivity contribution >= 4 is 16.9 Å². The van der Waals surface area contributed by atoms with Gasteiger partial charge in [-0.15, -0.1) is 0 Å². The molecule has 0 aliphatic heterocycles. The van der Waals surface area contributed by atoms with E-state index < -0.39 is 0 Å². The standard InChI is InChI=1S/C20H26N4O2/c1-5-21-20(22-12-16-11-17(13(2)3)24-26-16)23-14(4)19-10-15-8-6-7-9-18(15)25-19/h6-11,13-14H,5,12H2,1-4H3,(H2,21,22,23). The topological polar surface area (TPSA) is 75.6 Å². The number of guanidine groups is 1. The van der Waals surface area contributed by atoms with E-state index in [2.05, 4.69) is 47.6 Å². The van der Waals surface area contributed by atoms with Gasteiger partial charge in [0, 0.05) is 18.0 Å². The van der Waals surface area contributed by atoms with Gasteiger partial charge in [-0.3, -0.25) is 0 Å². The molecule has 0 saturated heterocycles. The predicted octanol–water partition coefficient (Wildman–Crippen LogP) is 4.36. The molecule has 0 aliphatic rings. The maximum Gasteiger partial charge on any atom is 0.192 e. The van der Waals surface area contributed by atoms with E-state index in [9.17, 15) is 0 Å². The molecular weight excluding hydrogens is 328 g/mol. The molecule has 3 aromatic rings. The summed E-state index contributed by atoms with van der Waals surface area (Å²) < 4.78 is 11.3. The molecule has 2 N–H and O–H groups in total. The van der Waals surface area contributed by atoms with Gasteiger partial charge < -0.3 is 19.6 Å². The van der Waals surface area contributed by atoms with Gasteiger partial charge in [0.15, 0.2) is 11.7 Å². The zero-order chi connectivity index (χ0) is 18.5. The molecular formula is C20H26N4O2. The summed E-state index contributed by atoms with van der Waals surface area (Å²) in [5.74, 6) is 2.68. The molecule has 26 heavy (non-hydrogen) atoms. The van der Waals surface area contributed by atoms with Gasteiger partial charge >= 0.3 is 0 Å². The Bertz CT molecular complexity index is 846. The van der Waals surface area contributed by atoms with Gasteiger partial charge in [-0.2, -0.15) is 0 Å². The molecule has 6 heteroatoms. The summed E-state index contributed by atoms with van der Waals surface area (Å²) in [6, 6.07) is 12.0. The van der Waals surface area contributed by atoms with Crippen molar-refractivity contribution < 1.29 is 8.94 Å². The highest BCUT2D eigenvalue weighted by atomic mass is 16.5. The van der Waals surface area contributed by atoms with Crippen molar-refractivity contribution in [1.29, 1.82) is 0 Å². The first-order valence-corrected chi connectivity index (χ1v) is 9.05. The van der Waals surface area contributed by atoms with Crippen LogP contribution in [0.4, 0.5) is 0 Å². The summed E-state index contributed by atoms with van der Waals surface area (Å²) in [5, 5.41) is 11.8. The number of aliphatic imine (C=N–C) groups is 1. The number of benzene rings is 1. The fourth-order valence-electron chi connectivity index (χ4n) is 2.64. The van der Waals surface area contributed by atoms with Gasteiger partial charge in [0.25, 0.3) is 0 Å². The average molecular weight is 354 g/mol. The van der Waals surface area contributed by atoms with Gasteiger partial charge in [0.2, 0.25) is 0 Å². The van der Waals surface area contributed by atoms with E-state index in [1.807, 2.05) is 37.3 Å². The minimum absolute atomic E-state index is 0.0128. The monoisotopic (exact) mass is 354 g/mol. The van der Waals surface area contributed by atoms with Crippen LogP contribution < -0.4 is 10.6 Å². The Hall–Kier alpha value is -2.76. The SMILES string of the molecule is CCNC(=NCc1cc(C(C)C)no1)NC(C)c1cc2ccccc2o1. The van der Waals surface area contributed by atoms with Gasteiger partial charge in [-0.05, 0) is 31.9 Å². The Balaban J connectivity index is 1.70. The zero-order valence-corrected chi connectivity index (χ0v) is 15.7. The van der Waals surface area contributed by atoms with Crippen molar-refractivity contribution in [2.24, 2.45) is 4.99 Å². The predicted molar refractivity (Wildman–Crippen MR) is 103 cm³/mol. The number of hydrogen-bond acceptors (Lipinski definition) is 4. The Kier molecular flexibility index (Phi) is 5.61. The molecule has 1 unspecified atom stereocenters. The van der Waals surface area contributed by atoms with Crippen molar-refractivity contribution in [2.45, 2.75) is 46.2 Å². The van der Waals surface area contributed by atoms with E-state index in [4.69, 9.17) is 8.94 Å². The highest BCUT2D eigenvalue weighted by Crippen LogP contribution is 2.23. The third kappa shape index (κ3) is 4.25. The van der Waals surface area contributed by atoms with Crippen molar-refractivity contribution in [3.63, 3.8) is 0 Å². The Labute approximate surface area is 153 Å². The van der Waals surface area contributed by atoms with Crippen LogP contribution in [0.2, 0.25) is 0 Å². The third-order valence-electron chi connectivity index (χ3n) is 4.13. The Morgan fingerprint density at radius 1 is 1.19 bits per heavy atom. The van der Waals surface area contributed by atoms with Crippen LogP contribution in [0.25, 0.3) is 11.0 Å². The van der Waals surface area contributed by atoms with Gasteiger partial charge in [-0.25, -0.2) is 4.99 Å². The Morgan fingerprint density at radius 3 is 2.69 bits per heavy atom. The van der Waals surface area contributed by atoms with E-state index in [-0.39, 0.29) is 6.04 Å². The maximum absolute atomic E-state index is 5.93. The summed E-state index contributed by atoms with van der Waals surface area (Å²) >= 11 is 0. The van der Waals surface area contributed by atoms with Crippen LogP contribution >= 0.6 is 0 Å². The zero-order valence-electron chi connectivity index (χ0n) is 15.7. The van der Waals surface area contributed by atoms with E-state index in [1.165, 1.54) is 0 Å².